The van der Waals surface area contributed by atoms with Crippen molar-refractivity contribution in [3.63, 3.8) is 0 Å². The first-order valence-corrected chi connectivity index (χ1v) is 12.5. The number of amides is 3. The second-order valence-corrected chi connectivity index (χ2v) is 11.3. The van der Waals surface area contributed by atoms with Gasteiger partial charge in [-0.1, -0.05) is 11.6 Å². The fourth-order valence-electron chi connectivity index (χ4n) is 3.73. The molecule has 2 aromatic carbocycles. The molecule has 1 aliphatic heterocycles. The van der Waals surface area contributed by atoms with Crippen LogP contribution in [0.3, 0.4) is 0 Å². The van der Waals surface area contributed by atoms with Gasteiger partial charge >= 0.3 is 29.7 Å². The third kappa shape index (κ3) is 5.18. The van der Waals surface area contributed by atoms with Crippen LogP contribution in [-0.4, -0.2) is 51.8 Å². The van der Waals surface area contributed by atoms with Crippen LogP contribution in [0.25, 0.3) is 0 Å². The molecule has 2 fully saturated rings. The standard InChI is InChI=1S/C23H11Cl3F11N3O4/c24-10-2-1-7(38-16(42)9-6-18(9,25)26)5-8(10)15(41)39-12-4-3-11(27)14(13(12)28)40-17(43)19(29)20(30,31)21(32,33)22(34,35)23(36,37)44-19/h1-5,9H,6H2,(H,38,42)(H,39,41)(H,40,43). The van der Waals surface area contributed by atoms with Crippen molar-refractivity contribution in [3.8, 4) is 0 Å². The van der Waals surface area contributed by atoms with Crippen molar-refractivity contribution in [2.45, 2.75) is 40.5 Å². The predicted molar refractivity (Wildman–Crippen MR) is 130 cm³/mol. The number of alkyl halides is 11. The van der Waals surface area contributed by atoms with Crippen molar-refractivity contribution in [2.75, 3.05) is 16.0 Å². The van der Waals surface area contributed by atoms with E-state index in [1.54, 1.807) is 5.32 Å². The Morgan fingerprint density at radius 3 is 1.98 bits per heavy atom. The number of nitrogens with one attached hydrogen (secondary N) is 3. The summed E-state index contributed by atoms with van der Waals surface area (Å²) in [7, 11) is 0. The number of carbonyl (C=O) groups is 3. The summed E-state index contributed by atoms with van der Waals surface area (Å²) < 4.78 is 154. The van der Waals surface area contributed by atoms with Crippen LogP contribution in [0.15, 0.2) is 30.3 Å². The lowest BCUT2D eigenvalue weighted by Crippen LogP contribution is -2.78. The van der Waals surface area contributed by atoms with Gasteiger partial charge in [0.15, 0.2) is 5.82 Å². The van der Waals surface area contributed by atoms with Gasteiger partial charge in [-0.05, 0) is 36.8 Å². The number of rotatable bonds is 6. The zero-order valence-electron chi connectivity index (χ0n) is 20.6. The fraction of sp³-hybridized carbons (Fsp3) is 0.348. The molecule has 3 amide bonds. The first kappa shape index (κ1) is 33.8. The largest absolute Gasteiger partial charge is 0.429 e. The van der Waals surface area contributed by atoms with E-state index >= 15 is 4.39 Å². The Morgan fingerprint density at radius 1 is 0.818 bits per heavy atom. The summed E-state index contributed by atoms with van der Waals surface area (Å²) in [4.78, 5) is 37.1. The molecule has 7 nitrogen and oxygen atoms in total. The highest BCUT2D eigenvalue weighted by Gasteiger charge is 2.94. The Hall–Kier alpha value is -3.09. The van der Waals surface area contributed by atoms with Crippen LogP contribution in [0.5, 0.6) is 0 Å². The van der Waals surface area contributed by atoms with Gasteiger partial charge in [-0.15, -0.1) is 23.2 Å². The summed E-state index contributed by atoms with van der Waals surface area (Å²) in [6, 6.07) is 3.95. The number of carbonyl (C=O) groups excluding carboxylic acids is 3. The van der Waals surface area contributed by atoms with Gasteiger partial charge in [-0.2, -0.15) is 39.5 Å². The average molecular weight is 709 g/mol. The van der Waals surface area contributed by atoms with Crippen molar-refractivity contribution in [1.29, 1.82) is 0 Å². The topological polar surface area (TPSA) is 96.5 Å². The van der Waals surface area contributed by atoms with Crippen molar-refractivity contribution in [1.82, 2.24) is 0 Å². The lowest BCUT2D eigenvalue weighted by atomic mass is 9.92. The van der Waals surface area contributed by atoms with E-state index in [1.165, 1.54) is 6.07 Å². The van der Waals surface area contributed by atoms with E-state index in [9.17, 15) is 58.3 Å². The molecule has 1 saturated heterocycles. The van der Waals surface area contributed by atoms with E-state index in [-0.39, 0.29) is 23.2 Å². The maximum atomic E-state index is 15.1. The predicted octanol–water partition coefficient (Wildman–Crippen LogP) is 7.14. The summed E-state index contributed by atoms with van der Waals surface area (Å²) in [6.07, 6.45) is -6.60. The summed E-state index contributed by atoms with van der Waals surface area (Å²) in [6.45, 7) is 0. The Bertz CT molecular complexity index is 1580. The Balaban J connectivity index is 1.59. The quantitative estimate of drug-likeness (QED) is 0.220. The molecule has 0 spiro atoms. The van der Waals surface area contributed by atoms with Gasteiger partial charge in [0.05, 0.1) is 22.2 Å². The number of anilines is 3. The molecular formula is C23H11Cl3F11N3O4. The molecule has 1 saturated carbocycles. The van der Waals surface area contributed by atoms with Gasteiger partial charge in [0.1, 0.15) is 15.8 Å². The zero-order chi connectivity index (χ0) is 33.4. The maximum Gasteiger partial charge on any atom is 0.429 e. The van der Waals surface area contributed by atoms with Crippen molar-refractivity contribution >= 4 is 69.6 Å². The number of hydrogen-bond acceptors (Lipinski definition) is 4. The molecule has 44 heavy (non-hydrogen) atoms. The molecule has 2 unspecified atom stereocenters. The molecule has 0 aromatic heterocycles. The van der Waals surface area contributed by atoms with Gasteiger partial charge in [-0.3, -0.25) is 19.1 Å². The Morgan fingerprint density at radius 2 is 1.41 bits per heavy atom. The third-order valence-electron chi connectivity index (χ3n) is 6.32. The zero-order valence-corrected chi connectivity index (χ0v) is 22.9. The molecule has 1 heterocycles. The maximum absolute atomic E-state index is 15.1. The molecule has 3 N–H and O–H groups in total. The normalized spacial score (nSPS) is 25.5. The van der Waals surface area contributed by atoms with Gasteiger partial charge in [0, 0.05) is 5.69 Å². The highest BCUT2D eigenvalue weighted by atomic mass is 35.5. The van der Waals surface area contributed by atoms with Crippen molar-refractivity contribution < 1.29 is 67.4 Å². The van der Waals surface area contributed by atoms with E-state index in [0.717, 1.165) is 12.1 Å². The summed E-state index contributed by atoms with van der Waals surface area (Å²) >= 11 is 17.6. The number of benzene rings is 2. The van der Waals surface area contributed by atoms with E-state index in [1.807, 2.05) is 0 Å². The molecule has 2 atom stereocenters. The minimum absolute atomic E-state index is 0.0473. The van der Waals surface area contributed by atoms with E-state index in [4.69, 9.17) is 34.8 Å². The number of halogens is 14. The minimum Gasteiger partial charge on any atom is -0.326 e. The van der Waals surface area contributed by atoms with Crippen LogP contribution in [0.4, 0.5) is 65.4 Å². The lowest BCUT2D eigenvalue weighted by Gasteiger charge is -2.46. The Labute approximate surface area is 251 Å². The van der Waals surface area contributed by atoms with Crippen LogP contribution >= 0.6 is 34.8 Å². The molecule has 0 bridgehead atoms. The minimum atomic E-state index is -7.26. The number of ether oxygens (including phenoxy) is 1. The molecule has 1 aliphatic carbocycles. The van der Waals surface area contributed by atoms with Crippen LogP contribution in [0.2, 0.25) is 5.02 Å². The monoisotopic (exact) mass is 707 g/mol. The SMILES string of the molecule is O=C(Nc1ccc(F)c(NC(=O)C2(F)OC(F)(F)C(F)(F)C(F)(F)C2(F)F)c1F)c1cc(NC(=O)C2CC2(Cl)Cl)ccc1Cl. The Kier molecular flexibility index (Phi) is 8.05. The van der Waals surface area contributed by atoms with Crippen LogP contribution in [0.1, 0.15) is 16.8 Å². The first-order chi connectivity index (χ1) is 19.9. The van der Waals surface area contributed by atoms with Crippen LogP contribution in [-0.2, 0) is 14.3 Å². The highest BCUT2D eigenvalue weighted by Crippen LogP contribution is 2.63. The van der Waals surface area contributed by atoms with Crippen molar-refractivity contribution in [2.24, 2.45) is 5.92 Å². The highest BCUT2D eigenvalue weighted by molar-refractivity contribution is 6.52. The molecular weight excluding hydrogens is 698 g/mol. The van der Waals surface area contributed by atoms with E-state index < -0.39 is 86.3 Å². The molecule has 2 aromatic rings. The fourth-order valence-corrected chi connectivity index (χ4v) is 4.44. The van der Waals surface area contributed by atoms with Gasteiger partial charge < -0.3 is 16.0 Å². The van der Waals surface area contributed by atoms with E-state index in [2.05, 4.69) is 10.1 Å². The third-order valence-corrected chi connectivity index (χ3v) is 7.48. The van der Waals surface area contributed by atoms with Gasteiger partial charge in [0.2, 0.25) is 5.91 Å². The van der Waals surface area contributed by atoms with Crippen molar-refractivity contribution in [3.05, 3.63) is 52.6 Å². The molecule has 2 aliphatic rings. The second-order valence-electron chi connectivity index (χ2n) is 9.33. The van der Waals surface area contributed by atoms with Gasteiger partial charge in [0.25, 0.3) is 11.8 Å². The lowest BCUT2D eigenvalue weighted by molar-refractivity contribution is -0.523. The van der Waals surface area contributed by atoms with Crippen LogP contribution < -0.4 is 16.0 Å². The molecule has 240 valence electrons. The van der Waals surface area contributed by atoms with Gasteiger partial charge in [-0.25, -0.2) is 8.78 Å². The molecule has 0 radical (unpaired) electrons. The summed E-state index contributed by atoms with van der Waals surface area (Å²) in [5.74, 6) is -37.9. The summed E-state index contributed by atoms with van der Waals surface area (Å²) in [5, 5.41) is 4.49. The van der Waals surface area contributed by atoms with Crippen LogP contribution in [0, 0.1) is 17.6 Å². The summed E-state index contributed by atoms with van der Waals surface area (Å²) in [5.41, 5.74) is -3.65. The molecule has 4 rings (SSSR count). The smallest absolute Gasteiger partial charge is 0.326 e. The average Bonchev–Trinajstić information content (AvgIpc) is 3.55. The first-order valence-electron chi connectivity index (χ1n) is 11.4. The second kappa shape index (κ2) is 10.5. The van der Waals surface area contributed by atoms with E-state index in [0.29, 0.717) is 11.4 Å². The number of hydrogen-bond donors (Lipinski definition) is 3. The molecule has 21 heteroatoms.